The Kier molecular flexibility index (Phi) is 3.64. The van der Waals surface area contributed by atoms with Gasteiger partial charge in [0.2, 0.25) is 11.8 Å². The van der Waals surface area contributed by atoms with Gasteiger partial charge in [0, 0.05) is 24.4 Å². The lowest BCUT2D eigenvalue weighted by Crippen LogP contribution is -2.54. The number of likely N-dealkylation sites (tertiary alicyclic amines) is 1. The minimum Gasteiger partial charge on any atom is -0.508 e. The normalized spacial score (nSPS) is 40.3. The highest BCUT2D eigenvalue weighted by Crippen LogP contribution is 2.58. The molecule has 1 saturated carbocycles. The summed E-state index contributed by atoms with van der Waals surface area (Å²) in [6.07, 6.45) is -0.0902. The van der Waals surface area contributed by atoms with Crippen molar-refractivity contribution in [3.8, 4) is 5.75 Å². The van der Waals surface area contributed by atoms with Crippen molar-refractivity contribution in [3.63, 3.8) is 0 Å². The van der Waals surface area contributed by atoms with E-state index in [0.29, 0.717) is 12.0 Å². The van der Waals surface area contributed by atoms with Crippen LogP contribution in [-0.4, -0.2) is 51.5 Å². The lowest BCUT2D eigenvalue weighted by molar-refractivity contribution is -0.274. The van der Waals surface area contributed by atoms with Gasteiger partial charge >= 0.3 is 0 Å². The molecule has 2 heterocycles. The van der Waals surface area contributed by atoms with Gasteiger partial charge in [0.25, 0.3) is 0 Å². The van der Waals surface area contributed by atoms with Crippen LogP contribution in [0.5, 0.6) is 5.75 Å². The second-order valence-electron chi connectivity index (χ2n) is 7.24. The number of carbonyl (C=O) groups is 2. The van der Waals surface area contributed by atoms with Crippen molar-refractivity contribution in [1.82, 2.24) is 4.90 Å². The zero-order valence-electron chi connectivity index (χ0n) is 13.8. The van der Waals surface area contributed by atoms with E-state index in [-0.39, 0.29) is 30.6 Å². The van der Waals surface area contributed by atoms with Crippen LogP contribution in [0, 0.1) is 23.7 Å². The number of ether oxygens (including phenoxy) is 1. The van der Waals surface area contributed by atoms with Gasteiger partial charge in [0.1, 0.15) is 5.75 Å². The first kappa shape index (κ1) is 16.5. The van der Waals surface area contributed by atoms with E-state index in [1.54, 1.807) is 18.2 Å². The number of amides is 2. The van der Waals surface area contributed by atoms with Crippen molar-refractivity contribution in [2.24, 2.45) is 23.7 Å². The molecule has 7 nitrogen and oxygen atoms in total. The molecule has 0 unspecified atom stereocenters. The molecule has 2 aliphatic heterocycles. The van der Waals surface area contributed by atoms with E-state index in [1.165, 1.54) is 13.1 Å². The molecule has 2 amide bonds. The van der Waals surface area contributed by atoms with E-state index in [2.05, 4.69) is 0 Å². The molecule has 134 valence electrons. The second kappa shape index (κ2) is 5.52. The molecule has 3 aliphatic rings. The number of rotatable bonds is 2. The van der Waals surface area contributed by atoms with Gasteiger partial charge < -0.3 is 20.1 Å². The lowest BCUT2D eigenvalue weighted by Gasteiger charge is -2.44. The maximum atomic E-state index is 12.6. The molecule has 0 bridgehead atoms. The number of imide groups is 1. The molecule has 1 aromatic carbocycles. The van der Waals surface area contributed by atoms with Crippen molar-refractivity contribution in [3.05, 3.63) is 29.8 Å². The smallest absolute Gasteiger partial charge is 0.233 e. The third-order valence-corrected chi connectivity index (χ3v) is 6.09. The van der Waals surface area contributed by atoms with Gasteiger partial charge in [-0.1, -0.05) is 18.2 Å². The van der Waals surface area contributed by atoms with Gasteiger partial charge in [-0.3, -0.25) is 14.5 Å². The Bertz CT molecular complexity index is 736. The van der Waals surface area contributed by atoms with Crippen LogP contribution in [0.25, 0.3) is 0 Å². The molecule has 0 radical (unpaired) electrons. The summed E-state index contributed by atoms with van der Waals surface area (Å²) in [5.74, 6) is -4.65. The Hall–Kier alpha value is -1.96. The second-order valence-corrected chi connectivity index (χ2v) is 7.24. The quantitative estimate of drug-likeness (QED) is 0.669. The molecule has 0 spiro atoms. The van der Waals surface area contributed by atoms with E-state index in [4.69, 9.17) is 4.74 Å². The van der Waals surface area contributed by atoms with Gasteiger partial charge in [-0.2, -0.15) is 0 Å². The number of nitrogens with zero attached hydrogens (tertiary/aromatic N) is 1. The zero-order valence-corrected chi connectivity index (χ0v) is 13.8. The van der Waals surface area contributed by atoms with Crippen LogP contribution in [0.1, 0.15) is 24.5 Å². The SMILES string of the molecule is CN1C(=O)[C@H]2[C@H](C[C@H](CO)[C@@]3(O)O[C@H](c4ccccc4O)C[C@@H]23)C1=O. The molecule has 0 aromatic heterocycles. The van der Waals surface area contributed by atoms with Gasteiger partial charge in [-0.15, -0.1) is 0 Å². The number of benzene rings is 1. The molecule has 3 fully saturated rings. The van der Waals surface area contributed by atoms with Crippen molar-refractivity contribution >= 4 is 11.8 Å². The van der Waals surface area contributed by atoms with Crippen LogP contribution in [-0.2, 0) is 14.3 Å². The predicted molar refractivity (Wildman–Crippen MR) is 84.9 cm³/mol. The largest absolute Gasteiger partial charge is 0.508 e. The van der Waals surface area contributed by atoms with E-state index >= 15 is 0 Å². The molecule has 2 saturated heterocycles. The van der Waals surface area contributed by atoms with Gasteiger partial charge in [-0.25, -0.2) is 0 Å². The Morgan fingerprint density at radius 3 is 2.64 bits per heavy atom. The Morgan fingerprint density at radius 2 is 1.96 bits per heavy atom. The van der Waals surface area contributed by atoms with Gasteiger partial charge in [0.05, 0.1) is 24.5 Å². The predicted octanol–water partition coefficient (Wildman–Crippen LogP) is 0.402. The summed E-state index contributed by atoms with van der Waals surface area (Å²) in [6.45, 7) is -0.338. The minimum atomic E-state index is -1.69. The number of aliphatic hydroxyl groups excluding tert-OH is 1. The summed E-state index contributed by atoms with van der Waals surface area (Å²) in [5.41, 5.74) is 0.531. The summed E-state index contributed by atoms with van der Waals surface area (Å²) in [7, 11) is 1.45. The third kappa shape index (κ3) is 2.16. The average Bonchev–Trinajstić information content (AvgIpc) is 3.05. The molecule has 6 atom stereocenters. The maximum absolute atomic E-state index is 12.6. The number of phenols is 1. The number of fused-ring (bicyclic) bond motifs is 3. The summed E-state index contributed by atoms with van der Waals surface area (Å²) < 4.78 is 5.90. The Balaban J connectivity index is 1.74. The van der Waals surface area contributed by atoms with Gasteiger partial charge in [-0.05, 0) is 18.9 Å². The van der Waals surface area contributed by atoms with Crippen molar-refractivity contribution in [2.45, 2.75) is 24.7 Å². The van der Waals surface area contributed by atoms with E-state index in [9.17, 15) is 24.9 Å². The van der Waals surface area contributed by atoms with Crippen LogP contribution < -0.4 is 0 Å². The highest BCUT2D eigenvalue weighted by Gasteiger charge is 2.66. The number of hydrogen-bond acceptors (Lipinski definition) is 6. The van der Waals surface area contributed by atoms with Crippen LogP contribution in [0.4, 0.5) is 0 Å². The molecule has 1 aromatic rings. The standard InChI is InChI=1S/C18H21NO6/c1-19-16(22)11-6-9(8-20)18(24)12(15(11)17(19)23)7-14(25-18)10-4-2-3-5-13(10)21/h2-5,9,11-12,14-15,20-21,24H,6-8H2,1H3/t9-,11+,12+,14+,15+,18-/m1/s1. The van der Waals surface area contributed by atoms with Crippen LogP contribution in [0.3, 0.4) is 0 Å². The van der Waals surface area contributed by atoms with Crippen LogP contribution >= 0.6 is 0 Å². The zero-order chi connectivity index (χ0) is 17.9. The maximum Gasteiger partial charge on any atom is 0.233 e. The van der Waals surface area contributed by atoms with Gasteiger partial charge in [0.15, 0.2) is 5.79 Å². The molecule has 1 aliphatic carbocycles. The summed E-state index contributed by atoms with van der Waals surface area (Å²) in [6, 6.07) is 6.69. The van der Waals surface area contributed by atoms with Crippen molar-refractivity contribution in [1.29, 1.82) is 0 Å². The van der Waals surface area contributed by atoms with Crippen LogP contribution in [0.15, 0.2) is 24.3 Å². The topological polar surface area (TPSA) is 107 Å². The highest BCUT2D eigenvalue weighted by atomic mass is 16.6. The average molecular weight is 347 g/mol. The fraction of sp³-hybridized carbons (Fsp3) is 0.556. The molecular weight excluding hydrogens is 326 g/mol. The Morgan fingerprint density at radius 1 is 1.24 bits per heavy atom. The summed E-state index contributed by atoms with van der Waals surface area (Å²) >= 11 is 0. The molecule has 3 N–H and O–H groups in total. The fourth-order valence-corrected chi connectivity index (χ4v) is 4.80. The third-order valence-electron chi connectivity index (χ3n) is 6.09. The number of aromatic hydroxyl groups is 1. The van der Waals surface area contributed by atoms with E-state index < -0.39 is 35.6 Å². The number of carbonyl (C=O) groups excluding carboxylic acids is 2. The molecule has 7 heteroatoms. The number of hydrogen-bond donors (Lipinski definition) is 3. The number of aliphatic hydroxyl groups is 2. The molecule has 4 rings (SSSR count). The van der Waals surface area contributed by atoms with Crippen molar-refractivity contribution in [2.75, 3.05) is 13.7 Å². The van der Waals surface area contributed by atoms with E-state index in [1.807, 2.05) is 0 Å². The monoisotopic (exact) mass is 347 g/mol. The molecule has 25 heavy (non-hydrogen) atoms. The van der Waals surface area contributed by atoms with E-state index in [0.717, 1.165) is 4.90 Å². The van der Waals surface area contributed by atoms with Crippen LogP contribution in [0.2, 0.25) is 0 Å². The first-order valence-electron chi connectivity index (χ1n) is 8.48. The first-order valence-corrected chi connectivity index (χ1v) is 8.48. The number of phenolic OH excluding ortho intramolecular Hbond substituents is 1. The molecular formula is C18H21NO6. The lowest BCUT2D eigenvalue weighted by atomic mass is 9.64. The summed E-state index contributed by atoms with van der Waals surface area (Å²) in [4.78, 5) is 26.1. The minimum absolute atomic E-state index is 0.0535. The Labute approximate surface area is 144 Å². The first-order chi connectivity index (χ1) is 11.9. The van der Waals surface area contributed by atoms with Crippen molar-refractivity contribution < 1.29 is 29.6 Å². The number of para-hydroxylation sites is 1. The fourth-order valence-electron chi connectivity index (χ4n) is 4.80. The highest BCUT2D eigenvalue weighted by molar-refractivity contribution is 6.05. The summed E-state index contributed by atoms with van der Waals surface area (Å²) in [5, 5.41) is 31.0.